The second-order valence-electron chi connectivity index (χ2n) is 8.63. The van der Waals surface area contributed by atoms with Gasteiger partial charge in [0, 0.05) is 11.6 Å². The quantitative estimate of drug-likeness (QED) is 0.696. The molecule has 4 heterocycles. The van der Waals surface area contributed by atoms with E-state index in [9.17, 15) is 9.59 Å². The van der Waals surface area contributed by atoms with Gasteiger partial charge in [0.25, 0.3) is 5.56 Å². The predicted molar refractivity (Wildman–Crippen MR) is 111 cm³/mol. The van der Waals surface area contributed by atoms with E-state index in [1.807, 2.05) is 49.1 Å². The minimum absolute atomic E-state index is 0.00862. The van der Waals surface area contributed by atoms with Crippen molar-refractivity contribution < 1.29 is 4.79 Å². The van der Waals surface area contributed by atoms with Gasteiger partial charge in [0.1, 0.15) is 18.0 Å². The molecule has 1 amide bonds. The Labute approximate surface area is 168 Å². The summed E-state index contributed by atoms with van der Waals surface area (Å²) in [5.41, 5.74) is 2.94. The van der Waals surface area contributed by atoms with E-state index in [1.54, 1.807) is 10.6 Å². The molecular weight excluding hydrogens is 364 g/mol. The van der Waals surface area contributed by atoms with Crippen LogP contribution in [0.15, 0.2) is 53.3 Å². The van der Waals surface area contributed by atoms with Crippen LogP contribution in [0.1, 0.15) is 49.7 Å². The number of benzene rings is 2. The van der Waals surface area contributed by atoms with E-state index in [2.05, 4.69) is 17.4 Å². The normalized spacial score (nSPS) is 26.9. The lowest BCUT2D eigenvalue weighted by atomic mass is 9.95. The zero-order chi connectivity index (χ0) is 19.9. The van der Waals surface area contributed by atoms with Gasteiger partial charge in [0.2, 0.25) is 5.91 Å². The molecule has 0 radical (unpaired) electrons. The number of para-hydroxylation sites is 2. The van der Waals surface area contributed by atoms with Crippen molar-refractivity contribution in [3.05, 3.63) is 70.3 Å². The molecule has 3 aliphatic rings. The van der Waals surface area contributed by atoms with Gasteiger partial charge in [-0.15, -0.1) is 0 Å². The number of nitrogens with zero attached hydrogens (tertiary/aromatic N) is 3. The number of nitrogens with one attached hydrogen (secondary N) is 1. The topological polar surface area (TPSA) is 67.2 Å². The number of carbonyl (C=O) groups is 1. The molecule has 6 rings (SSSR count). The van der Waals surface area contributed by atoms with E-state index in [4.69, 9.17) is 4.98 Å². The molecule has 6 nitrogen and oxygen atoms in total. The highest BCUT2D eigenvalue weighted by atomic mass is 16.2. The highest BCUT2D eigenvalue weighted by Gasteiger charge is 2.55. The first-order valence-corrected chi connectivity index (χ1v) is 10.2. The molecule has 0 aliphatic carbocycles. The fourth-order valence-electron chi connectivity index (χ4n) is 5.48. The fourth-order valence-corrected chi connectivity index (χ4v) is 5.48. The molecule has 0 spiro atoms. The Kier molecular flexibility index (Phi) is 3.29. The second-order valence-corrected chi connectivity index (χ2v) is 8.63. The number of hydrogen-bond acceptors (Lipinski definition) is 4. The molecule has 146 valence electrons. The third-order valence-corrected chi connectivity index (χ3v) is 6.71. The number of aromatic nitrogens is 2. The largest absolute Gasteiger partial charge is 0.364 e. The van der Waals surface area contributed by atoms with Gasteiger partial charge in [0.15, 0.2) is 0 Å². The smallest absolute Gasteiger partial charge is 0.262 e. The summed E-state index contributed by atoms with van der Waals surface area (Å²) in [4.78, 5) is 34.0. The lowest BCUT2D eigenvalue weighted by Gasteiger charge is -2.41. The molecule has 2 aromatic carbocycles. The minimum atomic E-state index is -0.532. The first-order valence-electron chi connectivity index (χ1n) is 10.2. The highest BCUT2D eigenvalue weighted by Crippen LogP contribution is 2.53. The van der Waals surface area contributed by atoms with Gasteiger partial charge in [-0.1, -0.05) is 44.2 Å². The summed E-state index contributed by atoms with van der Waals surface area (Å²) in [5, 5.41) is 4.13. The monoisotopic (exact) mass is 386 g/mol. The van der Waals surface area contributed by atoms with E-state index in [0.29, 0.717) is 10.9 Å². The molecule has 0 unspecified atom stereocenters. The van der Waals surface area contributed by atoms with Crippen molar-refractivity contribution in [2.24, 2.45) is 5.92 Å². The Balaban J connectivity index is 1.59. The van der Waals surface area contributed by atoms with E-state index < -0.39 is 6.04 Å². The number of fused-ring (bicyclic) bond motifs is 8. The average molecular weight is 386 g/mol. The van der Waals surface area contributed by atoms with Crippen LogP contribution in [-0.2, 0) is 4.79 Å². The molecule has 1 N–H and O–H groups in total. The number of hydrogen-bond donors (Lipinski definition) is 1. The van der Waals surface area contributed by atoms with Crippen LogP contribution in [0, 0.1) is 5.92 Å². The third kappa shape index (κ3) is 2.09. The minimum Gasteiger partial charge on any atom is -0.364 e. The van der Waals surface area contributed by atoms with Crippen molar-refractivity contribution in [1.82, 2.24) is 14.5 Å². The van der Waals surface area contributed by atoms with E-state index in [1.165, 1.54) is 5.56 Å². The summed E-state index contributed by atoms with van der Waals surface area (Å²) in [6, 6.07) is 15.0. The molecule has 1 aromatic heterocycles. The number of anilines is 1. The van der Waals surface area contributed by atoms with Crippen molar-refractivity contribution in [3.63, 3.8) is 0 Å². The van der Waals surface area contributed by atoms with Crippen molar-refractivity contribution in [1.29, 1.82) is 0 Å². The van der Waals surface area contributed by atoms with Crippen LogP contribution in [0.2, 0.25) is 0 Å². The zero-order valence-electron chi connectivity index (χ0n) is 16.4. The summed E-state index contributed by atoms with van der Waals surface area (Å²) in [7, 11) is 0. The SMILES string of the molecule is CC(C)[C@H]1C(=O)N2[C@H](C[C@@H]3c4ccccc4N[C@@H]32)c2nc3ccccc3c(=O)n21. The average Bonchev–Trinajstić information content (AvgIpc) is 3.25. The van der Waals surface area contributed by atoms with Gasteiger partial charge < -0.3 is 10.2 Å². The van der Waals surface area contributed by atoms with E-state index >= 15 is 0 Å². The Morgan fingerprint density at radius 2 is 1.83 bits per heavy atom. The Hall–Kier alpha value is -3.15. The van der Waals surface area contributed by atoms with Crippen LogP contribution in [-0.4, -0.2) is 26.5 Å². The van der Waals surface area contributed by atoms with Gasteiger partial charge in [-0.2, -0.15) is 0 Å². The standard InChI is InChI=1S/C23H22N4O2/c1-12(2)19-23(29)26-18(11-15-13-7-3-5-9-16(13)24-20(15)26)21-25-17-10-6-4-8-14(17)22(28)27(19)21/h3-10,12,15,18-20,24H,11H2,1-2H3/t15-,18-,19+,20-/m1/s1. The van der Waals surface area contributed by atoms with E-state index in [0.717, 1.165) is 17.9 Å². The molecular formula is C23H22N4O2. The Morgan fingerprint density at radius 1 is 1.07 bits per heavy atom. The molecule has 0 saturated carbocycles. The second kappa shape index (κ2) is 5.69. The van der Waals surface area contributed by atoms with Crippen molar-refractivity contribution in [3.8, 4) is 0 Å². The Bertz CT molecular complexity index is 1230. The molecule has 1 fully saturated rings. The van der Waals surface area contributed by atoms with Crippen LogP contribution in [0.5, 0.6) is 0 Å². The molecule has 0 bridgehead atoms. The van der Waals surface area contributed by atoms with Crippen molar-refractivity contribution in [2.75, 3.05) is 5.32 Å². The van der Waals surface area contributed by atoms with Gasteiger partial charge in [0.05, 0.1) is 16.9 Å². The fraction of sp³-hybridized carbons (Fsp3) is 0.348. The number of carbonyl (C=O) groups excluding carboxylic acids is 1. The van der Waals surface area contributed by atoms with Crippen molar-refractivity contribution >= 4 is 22.5 Å². The lowest BCUT2D eigenvalue weighted by molar-refractivity contribution is -0.141. The highest BCUT2D eigenvalue weighted by molar-refractivity contribution is 5.86. The van der Waals surface area contributed by atoms with E-state index in [-0.39, 0.29) is 35.5 Å². The van der Waals surface area contributed by atoms with Gasteiger partial charge in [-0.25, -0.2) is 4.98 Å². The maximum Gasteiger partial charge on any atom is 0.262 e. The third-order valence-electron chi connectivity index (χ3n) is 6.71. The Morgan fingerprint density at radius 3 is 2.66 bits per heavy atom. The summed E-state index contributed by atoms with van der Waals surface area (Å²) in [6.45, 7) is 4.00. The molecule has 6 heteroatoms. The first-order chi connectivity index (χ1) is 14.1. The van der Waals surface area contributed by atoms with Crippen LogP contribution < -0.4 is 10.9 Å². The maximum absolute atomic E-state index is 13.7. The summed E-state index contributed by atoms with van der Waals surface area (Å²) < 4.78 is 1.68. The molecule has 4 atom stereocenters. The maximum atomic E-state index is 13.7. The van der Waals surface area contributed by atoms with Crippen molar-refractivity contribution in [2.45, 2.75) is 44.4 Å². The van der Waals surface area contributed by atoms with Gasteiger partial charge in [-0.05, 0) is 36.1 Å². The predicted octanol–water partition coefficient (Wildman–Crippen LogP) is 3.42. The summed E-state index contributed by atoms with van der Waals surface area (Å²) >= 11 is 0. The van der Waals surface area contributed by atoms with Crippen LogP contribution in [0.3, 0.4) is 0 Å². The molecule has 29 heavy (non-hydrogen) atoms. The molecule has 3 aliphatic heterocycles. The number of amides is 1. The summed E-state index contributed by atoms with van der Waals surface area (Å²) in [5.74, 6) is 0.943. The van der Waals surface area contributed by atoms with Crippen LogP contribution >= 0.6 is 0 Å². The first kappa shape index (κ1) is 16.8. The van der Waals surface area contributed by atoms with Gasteiger partial charge >= 0.3 is 0 Å². The number of rotatable bonds is 1. The molecule has 1 saturated heterocycles. The van der Waals surface area contributed by atoms with Crippen LogP contribution in [0.25, 0.3) is 10.9 Å². The van der Waals surface area contributed by atoms with Gasteiger partial charge in [-0.3, -0.25) is 14.2 Å². The zero-order valence-corrected chi connectivity index (χ0v) is 16.4. The van der Waals surface area contributed by atoms with Crippen LogP contribution in [0.4, 0.5) is 5.69 Å². The lowest BCUT2D eigenvalue weighted by Crippen LogP contribution is -2.53. The molecule has 3 aromatic rings. The summed E-state index contributed by atoms with van der Waals surface area (Å²) in [6.07, 6.45) is 0.694.